The second kappa shape index (κ2) is 44.5. The van der Waals surface area contributed by atoms with Gasteiger partial charge in [0.05, 0.1) is 76.6 Å². The molecule has 8 aromatic carbocycles. The Hall–Kier alpha value is -7.26. The van der Waals surface area contributed by atoms with Gasteiger partial charge in [-0.1, -0.05) is 182 Å². The molecule has 16 rings (SSSR count). The minimum Gasteiger partial charge on any atom is -0.490 e. The summed E-state index contributed by atoms with van der Waals surface area (Å²) in [5.74, 6) is 0.806. The van der Waals surface area contributed by atoms with Crippen LogP contribution in [-0.2, 0) is 6.42 Å². The SMILES string of the molecule is CCCCOc1ccc2c(sc3c(F)c(C4CCC(CCC)CC4)ccc32)c1F.CCCCOc1ccc2c(sc3c(F)c(OC(F)(F)C4CCC(CCC)CC4)ccc32)c1F.CCCCOc1ccc2c(sc3c(F)c(OCC4CCC(CCC)CC4)ccc32)c1F.CCCCc1ccc2c(sc3c(F)c(OCC4CCC(CCC)CC4)ccc32)c1F. The third-order valence-corrected chi connectivity index (χ3v) is 31.1. The van der Waals surface area contributed by atoms with Gasteiger partial charge in [0.25, 0.3) is 0 Å². The molecule has 4 fully saturated rings. The smallest absolute Gasteiger partial charge is 0.400 e. The summed E-state index contributed by atoms with van der Waals surface area (Å²) < 4.78 is 188. The maximum Gasteiger partial charge on any atom is 0.400 e. The van der Waals surface area contributed by atoms with Crippen LogP contribution in [0.15, 0.2) is 97.1 Å². The predicted octanol–water partition coefficient (Wildman–Crippen LogP) is 34.8. The molecular weight excluding hydrogens is 1650 g/mol. The molecule has 0 N–H and O–H groups in total. The number of benzene rings is 8. The molecule has 4 heterocycles. The molecule has 0 amide bonds. The van der Waals surface area contributed by atoms with Gasteiger partial charge >= 0.3 is 6.11 Å². The van der Waals surface area contributed by atoms with Crippen LogP contribution in [0.25, 0.3) is 80.7 Å². The van der Waals surface area contributed by atoms with Gasteiger partial charge in [-0.15, -0.1) is 45.3 Å². The quantitative estimate of drug-likeness (QED) is 0.0302. The van der Waals surface area contributed by atoms with Gasteiger partial charge in [0.2, 0.25) is 0 Å². The molecule has 6 nitrogen and oxygen atoms in total. The van der Waals surface area contributed by atoms with Gasteiger partial charge in [0.1, 0.15) is 11.6 Å². The molecular formula is C103H124F10O6S4. The van der Waals surface area contributed by atoms with Crippen LogP contribution in [0.4, 0.5) is 43.9 Å². The Morgan fingerprint density at radius 3 is 0.878 bits per heavy atom. The fourth-order valence-corrected chi connectivity index (χ4v) is 23.7. The van der Waals surface area contributed by atoms with Gasteiger partial charge in [-0.05, 0) is 235 Å². The molecule has 20 heteroatoms. The molecule has 0 radical (unpaired) electrons. The Kier molecular flexibility index (Phi) is 33.7. The molecule has 4 aliphatic carbocycles. The fraction of sp³-hybridized carbons (Fsp3) is 0.534. The molecule has 0 bridgehead atoms. The summed E-state index contributed by atoms with van der Waals surface area (Å²) in [4.78, 5) is 0. The Bertz CT molecular complexity index is 5450. The normalized spacial score (nSPS) is 19.5. The largest absolute Gasteiger partial charge is 0.490 e. The average molecular weight is 1780 g/mol. The zero-order chi connectivity index (χ0) is 86.8. The van der Waals surface area contributed by atoms with E-state index < -0.39 is 35.2 Å². The molecule has 4 saturated carbocycles. The van der Waals surface area contributed by atoms with E-state index in [2.05, 4.69) is 48.5 Å². The summed E-state index contributed by atoms with van der Waals surface area (Å²) in [6.45, 7) is 19.6. The van der Waals surface area contributed by atoms with E-state index in [1.54, 1.807) is 30.3 Å². The highest BCUT2D eigenvalue weighted by atomic mass is 32.1. The van der Waals surface area contributed by atoms with E-state index in [-0.39, 0.29) is 67.4 Å². The first kappa shape index (κ1) is 93.4. The van der Waals surface area contributed by atoms with Crippen molar-refractivity contribution in [1.29, 1.82) is 0 Å². The van der Waals surface area contributed by atoms with Crippen LogP contribution >= 0.6 is 45.3 Å². The van der Waals surface area contributed by atoms with E-state index in [4.69, 9.17) is 28.4 Å². The van der Waals surface area contributed by atoms with E-state index in [1.165, 1.54) is 131 Å². The summed E-state index contributed by atoms with van der Waals surface area (Å²) in [7, 11) is 0. The second-order valence-corrected chi connectivity index (χ2v) is 39.1. The summed E-state index contributed by atoms with van der Waals surface area (Å²) in [6, 6.07) is 27.9. The molecule has 0 aliphatic heterocycles. The van der Waals surface area contributed by atoms with Crippen LogP contribution < -0.4 is 28.4 Å². The molecule has 4 aromatic heterocycles. The lowest BCUT2D eigenvalue weighted by molar-refractivity contribution is -0.224. The van der Waals surface area contributed by atoms with Gasteiger partial charge in [-0.3, -0.25) is 0 Å². The van der Waals surface area contributed by atoms with E-state index in [1.807, 2.05) is 55.5 Å². The highest BCUT2D eigenvalue weighted by Gasteiger charge is 2.45. The topological polar surface area (TPSA) is 55.4 Å². The summed E-state index contributed by atoms with van der Waals surface area (Å²) in [5.41, 5.74) is 1.55. The Morgan fingerprint density at radius 2 is 0.545 bits per heavy atom. The van der Waals surface area contributed by atoms with E-state index in [0.717, 1.165) is 193 Å². The van der Waals surface area contributed by atoms with Crippen LogP contribution in [0.1, 0.15) is 278 Å². The molecule has 666 valence electrons. The first-order chi connectivity index (χ1) is 59.7. The number of hydrogen-bond acceptors (Lipinski definition) is 10. The summed E-state index contributed by atoms with van der Waals surface area (Å²) >= 11 is 4.47. The lowest BCUT2D eigenvalue weighted by Crippen LogP contribution is -2.37. The highest BCUT2D eigenvalue weighted by Crippen LogP contribution is 2.50. The first-order valence-corrected chi connectivity index (χ1v) is 49.5. The molecule has 12 aromatic rings. The third-order valence-electron chi connectivity index (χ3n) is 26.2. The van der Waals surface area contributed by atoms with Crippen LogP contribution in [0.5, 0.6) is 34.5 Å². The Labute approximate surface area is 736 Å². The van der Waals surface area contributed by atoms with Crippen molar-refractivity contribution < 1.29 is 72.3 Å². The zero-order valence-electron chi connectivity index (χ0n) is 73.1. The average Bonchev–Trinajstić information content (AvgIpc) is 1.62. The first-order valence-electron chi connectivity index (χ1n) is 46.2. The van der Waals surface area contributed by atoms with Crippen molar-refractivity contribution in [3.63, 3.8) is 0 Å². The number of halogens is 10. The number of thiophene rings is 4. The summed E-state index contributed by atoms with van der Waals surface area (Å²) in [6.07, 6.45) is 30.9. The predicted molar refractivity (Wildman–Crippen MR) is 494 cm³/mol. The van der Waals surface area contributed by atoms with Crippen molar-refractivity contribution in [2.45, 2.75) is 279 Å². The van der Waals surface area contributed by atoms with Crippen LogP contribution in [0.2, 0.25) is 0 Å². The minimum absolute atomic E-state index is 0.106. The standard InChI is InChI=1S/C26H30F4O2S.C26H32F2O2S.C26H32F2OS.C25H30F2OS/c1-3-5-15-31-20-13-11-18-19-12-14-21(23(28)25(19)33-24(18)22(20)27)32-26(29,30)17-9-7-16(6-4-2)8-10-17;1-3-5-15-29-21-13-11-19-20-12-14-22(24(28)26(20)31-25(19)23(21)27)30-16-18-9-7-17(6-4-2)8-10-18;1-3-5-7-19-12-13-20-21-14-15-22(24(28)26(21)30-25(20)23(19)27)29-16-18-10-8-17(6-4-2)9-11-18;1-3-5-15-28-21-14-13-20-19-12-11-18(17-9-7-16(6-4-2)8-10-17)22(26)24(19)29-25(20)23(21)27/h11-14,16-17H,3-10,15H2,1-2H3;11-14,17-18H,3-10,15-16H2,1-2H3;12-15,17-18H,3-11,16H2,1-2H3;11-14,16-17H,3-10,15H2,1-2H3. The number of fused-ring (bicyclic) bond motifs is 12. The van der Waals surface area contributed by atoms with Crippen LogP contribution in [0.3, 0.4) is 0 Å². The number of alkyl halides is 2. The van der Waals surface area contributed by atoms with Gasteiger partial charge in [0, 0.05) is 43.1 Å². The highest BCUT2D eigenvalue weighted by molar-refractivity contribution is 7.27. The fourth-order valence-electron chi connectivity index (χ4n) is 19.0. The van der Waals surface area contributed by atoms with Crippen molar-refractivity contribution in [3.8, 4) is 34.5 Å². The summed E-state index contributed by atoms with van der Waals surface area (Å²) in [5, 5.41) is 5.62. The van der Waals surface area contributed by atoms with Crippen molar-refractivity contribution in [2.75, 3.05) is 33.0 Å². The molecule has 0 unspecified atom stereocenters. The van der Waals surface area contributed by atoms with Gasteiger partial charge in [-0.2, -0.15) is 8.78 Å². The molecule has 4 aliphatic rings. The van der Waals surface area contributed by atoms with Gasteiger partial charge in [0.15, 0.2) is 69.4 Å². The van der Waals surface area contributed by atoms with E-state index in [0.29, 0.717) is 108 Å². The number of hydrogen-bond donors (Lipinski definition) is 0. The van der Waals surface area contributed by atoms with E-state index >= 15 is 22.0 Å². The molecule has 0 atom stereocenters. The van der Waals surface area contributed by atoms with Crippen LogP contribution in [0, 0.1) is 88.0 Å². The third kappa shape index (κ3) is 22.1. The maximum absolute atomic E-state index is 15.5. The molecule has 0 saturated heterocycles. The Morgan fingerprint density at radius 1 is 0.276 bits per heavy atom. The lowest BCUT2D eigenvalue weighted by atomic mass is 9.77. The molecule has 123 heavy (non-hydrogen) atoms. The number of ether oxygens (including phenoxy) is 6. The Balaban J connectivity index is 0.000000141. The van der Waals surface area contributed by atoms with Crippen molar-refractivity contribution in [2.24, 2.45) is 41.4 Å². The van der Waals surface area contributed by atoms with Crippen molar-refractivity contribution in [3.05, 3.63) is 155 Å². The number of unbranched alkanes of at least 4 members (excludes halogenated alkanes) is 4. The van der Waals surface area contributed by atoms with Crippen LogP contribution in [-0.4, -0.2) is 39.1 Å². The zero-order valence-corrected chi connectivity index (χ0v) is 76.4. The second-order valence-electron chi connectivity index (χ2n) is 35.1. The van der Waals surface area contributed by atoms with Gasteiger partial charge in [-0.25, -0.2) is 35.1 Å². The molecule has 0 spiro atoms. The number of aryl methyl sites for hydroxylation is 1. The number of rotatable bonds is 33. The van der Waals surface area contributed by atoms with E-state index in [9.17, 15) is 22.0 Å². The maximum atomic E-state index is 15.5. The van der Waals surface area contributed by atoms with Gasteiger partial charge < -0.3 is 28.4 Å². The van der Waals surface area contributed by atoms with Crippen molar-refractivity contribution >= 4 is 126 Å². The lowest BCUT2D eigenvalue weighted by Gasteiger charge is -2.33. The monoisotopic (exact) mass is 1770 g/mol. The van der Waals surface area contributed by atoms with Crippen molar-refractivity contribution in [1.82, 2.24) is 0 Å². The minimum atomic E-state index is -3.45.